The highest BCUT2D eigenvalue weighted by Gasteiger charge is 2.06. The van der Waals surface area contributed by atoms with Gasteiger partial charge in [0, 0.05) is 5.56 Å². The first kappa shape index (κ1) is 15.6. The molecule has 0 saturated carbocycles. The second-order valence-corrected chi connectivity index (χ2v) is 4.91. The smallest absolute Gasteiger partial charge is 0.372 e. The van der Waals surface area contributed by atoms with Crippen LogP contribution in [0, 0.1) is 13.8 Å². The molecule has 22 heavy (non-hydrogen) atoms. The zero-order valence-electron chi connectivity index (χ0n) is 12.6. The molecule has 0 fully saturated rings. The van der Waals surface area contributed by atoms with Crippen LogP contribution in [0.2, 0.25) is 0 Å². The van der Waals surface area contributed by atoms with E-state index < -0.39 is 5.97 Å². The van der Waals surface area contributed by atoms with Gasteiger partial charge in [0.15, 0.2) is 12.4 Å². The number of nitrogens with zero attached hydrogens (tertiary/aromatic N) is 1. The van der Waals surface area contributed by atoms with Crippen molar-refractivity contribution < 1.29 is 14.4 Å². The van der Waals surface area contributed by atoms with Crippen molar-refractivity contribution in [1.82, 2.24) is 0 Å². The quantitative estimate of drug-likeness (QED) is 0.398. The highest BCUT2D eigenvalue weighted by Crippen LogP contribution is 2.12. The molecule has 0 radical (unpaired) electrons. The van der Waals surface area contributed by atoms with Crippen molar-refractivity contribution in [3.63, 3.8) is 0 Å². The molecule has 0 spiro atoms. The Balaban J connectivity index is 1.86. The fraction of sp³-hybridized carbons (Fsp3) is 0.176. The van der Waals surface area contributed by atoms with Gasteiger partial charge in [0.2, 0.25) is 0 Å². The Bertz CT molecular complexity index is 679. The van der Waals surface area contributed by atoms with Crippen molar-refractivity contribution >= 4 is 11.8 Å². The maximum atomic E-state index is 11.6. The SMILES string of the molecule is Cc1ccc(C(N)=NOC(=O)COc2cccc(C)c2)cc1. The number of hydrogen-bond donors (Lipinski definition) is 1. The van der Waals surface area contributed by atoms with Gasteiger partial charge < -0.3 is 15.3 Å². The minimum atomic E-state index is -0.614. The third kappa shape index (κ3) is 4.63. The first-order chi connectivity index (χ1) is 10.5. The van der Waals surface area contributed by atoms with Crippen LogP contribution in [0.3, 0.4) is 0 Å². The van der Waals surface area contributed by atoms with E-state index in [0.29, 0.717) is 11.3 Å². The van der Waals surface area contributed by atoms with Gasteiger partial charge >= 0.3 is 5.97 Å². The van der Waals surface area contributed by atoms with E-state index in [-0.39, 0.29) is 12.4 Å². The summed E-state index contributed by atoms with van der Waals surface area (Å²) in [6, 6.07) is 14.8. The van der Waals surface area contributed by atoms with Gasteiger partial charge in [0.1, 0.15) is 5.75 Å². The number of nitrogens with two attached hydrogens (primary N) is 1. The van der Waals surface area contributed by atoms with E-state index in [2.05, 4.69) is 5.16 Å². The van der Waals surface area contributed by atoms with Crippen LogP contribution in [-0.4, -0.2) is 18.4 Å². The van der Waals surface area contributed by atoms with Gasteiger partial charge in [-0.15, -0.1) is 0 Å². The molecule has 2 aromatic rings. The average molecular weight is 298 g/mol. The zero-order valence-corrected chi connectivity index (χ0v) is 12.6. The van der Waals surface area contributed by atoms with Crippen LogP contribution in [0.25, 0.3) is 0 Å². The van der Waals surface area contributed by atoms with Gasteiger partial charge in [-0.3, -0.25) is 0 Å². The number of carbonyl (C=O) groups is 1. The van der Waals surface area contributed by atoms with Crippen LogP contribution >= 0.6 is 0 Å². The Morgan fingerprint density at radius 1 is 1.09 bits per heavy atom. The fourth-order valence-electron chi connectivity index (χ4n) is 1.75. The monoisotopic (exact) mass is 298 g/mol. The summed E-state index contributed by atoms with van der Waals surface area (Å²) in [7, 11) is 0. The molecule has 0 saturated heterocycles. The molecule has 0 aromatic heterocycles. The molecule has 0 heterocycles. The van der Waals surface area contributed by atoms with Crippen molar-refractivity contribution in [3.05, 3.63) is 65.2 Å². The minimum absolute atomic E-state index is 0.143. The van der Waals surface area contributed by atoms with Gasteiger partial charge in [0.05, 0.1) is 0 Å². The van der Waals surface area contributed by atoms with Crippen molar-refractivity contribution in [2.75, 3.05) is 6.61 Å². The Morgan fingerprint density at radius 3 is 2.50 bits per heavy atom. The number of oxime groups is 1. The molecule has 0 aliphatic heterocycles. The number of aryl methyl sites for hydroxylation is 2. The Morgan fingerprint density at radius 2 is 1.82 bits per heavy atom. The molecule has 0 amide bonds. The van der Waals surface area contributed by atoms with Crippen LogP contribution in [0.1, 0.15) is 16.7 Å². The lowest BCUT2D eigenvalue weighted by atomic mass is 10.1. The van der Waals surface area contributed by atoms with E-state index in [9.17, 15) is 4.79 Å². The summed E-state index contributed by atoms with van der Waals surface area (Å²) in [5.41, 5.74) is 8.60. The Hall–Kier alpha value is -2.82. The summed E-state index contributed by atoms with van der Waals surface area (Å²) >= 11 is 0. The summed E-state index contributed by atoms with van der Waals surface area (Å²) in [5.74, 6) is 0.132. The van der Waals surface area contributed by atoms with Gasteiger partial charge in [0.25, 0.3) is 0 Å². The van der Waals surface area contributed by atoms with E-state index in [1.165, 1.54) is 0 Å². The molecule has 2 rings (SSSR count). The molecule has 5 nitrogen and oxygen atoms in total. The van der Waals surface area contributed by atoms with E-state index in [1.807, 2.05) is 56.3 Å². The maximum absolute atomic E-state index is 11.6. The van der Waals surface area contributed by atoms with E-state index >= 15 is 0 Å². The minimum Gasteiger partial charge on any atom is -0.482 e. The van der Waals surface area contributed by atoms with Gasteiger partial charge in [-0.05, 0) is 31.5 Å². The van der Waals surface area contributed by atoms with Crippen molar-refractivity contribution in [1.29, 1.82) is 0 Å². The predicted molar refractivity (Wildman–Crippen MR) is 84.7 cm³/mol. The van der Waals surface area contributed by atoms with E-state index in [1.54, 1.807) is 6.07 Å². The van der Waals surface area contributed by atoms with Gasteiger partial charge in [-0.1, -0.05) is 47.1 Å². The van der Waals surface area contributed by atoms with Crippen molar-refractivity contribution in [2.24, 2.45) is 10.9 Å². The molecule has 0 aliphatic carbocycles. The topological polar surface area (TPSA) is 73.9 Å². The van der Waals surface area contributed by atoms with Crippen LogP contribution in [0.4, 0.5) is 0 Å². The summed E-state index contributed by atoms with van der Waals surface area (Å²) in [5, 5.41) is 3.62. The molecular weight excluding hydrogens is 280 g/mol. The molecule has 0 bridgehead atoms. The van der Waals surface area contributed by atoms with Gasteiger partial charge in [-0.2, -0.15) is 0 Å². The third-order valence-electron chi connectivity index (χ3n) is 2.94. The average Bonchev–Trinajstić information content (AvgIpc) is 2.51. The zero-order chi connectivity index (χ0) is 15.9. The van der Waals surface area contributed by atoms with Crippen LogP contribution in [0.5, 0.6) is 5.75 Å². The van der Waals surface area contributed by atoms with E-state index in [0.717, 1.165) is 11.1 Å². The fourth-order valence-corrected chi connectivity index (χ4v) is 1.75. The number of amidine groups is 1. The lowest BCUT2D eigenvalue weighted by Crippen LogP contribution is -2.18. The summed E-state index contributed by atoms with van der Waals surface area (Å²) in [6.07, 6.45) is 0. The molecule has 5 heteroatoms. The van der Waals surface area contributed by atoms with Crippen molar-refractivity contribution in [3.8, 4) is 5.75 Å². The highest BCUT2D eigenvalue weighted by atomic mass is 16.7. The molecule has 2 aromatic carbocycles. The molecule has 2 N–H and O–H groups in total. The summed E-state index contributed by atoms with van der Waals surface area (Å²) in [4.78, 5) is 16.3. The first-order valence-corrected chi connectivity index (χ1v) is 6.84. The Labute approximate surface area is 129 Å². The van der Waals surface area contributed by atoms with Crippen LogP contribution < -0.4 is 10.5 Å². The highest BCUT2D eigenvalue weighted by molar-refractivity contribution is 5.97. The summed E-state index contributed by atoms with van der Waals surface area (Å²) < 4.78 is 5.32. The summed E-state index contributed by atoms with van der Waals surface area (Å²) in [6.45, 7) is 3.69. The van der Waals surface area contributed by atoms with Crippen LogP contribution in [0.15, 0.2) is 53.7 Å². The number of hydrogen-bond acceptors (Lipinski definition) is 4. The van der Waals surface area contributed by atoms with E-state index in [4.69, 9.17) is 15.3 Å². The van der Waals surface area contributed by atoms with Crippen LogP contribution in [-0.2, 0) is 9.63 Å². The lowest BCUT2D eigenvalue weighted by Gasteiger charge is -2.05. The number of ether oxygens (including phenoxy) is 1. The number of rotatable bonds is 5. The predicted octanol–water partition coefficient (Wildman–Crippen LogP) is 2.55. The first-order valence-electron chi connectivity index (χ1n) is 6.84. The molecule has 0 unspecified atom stereocenters. The molecular formula is C17H18N2O3. The van der Waals surface area contributed by atoms with Gasteiger partial charge in [-0.25, -0.2) is 4.79 Å². The molecule has 0 aliphatic rings. The third-order valence-corrected chi connectivity index (χ3v) is 2.94. The lowest BCUT2D eigenvalue weighted by molar-refractivity contribution is -0.146. The largest absolute Gasteiger partial charge is 0.482 e. The number of carbonyl (C=O) groups excluding carboxylic acids is 1. The second-order valence-electron chi connectivity index (χ2n) is 4.91. The normalized spacial score (nSPS) is 11.1. The van der Waals surface area contributed by atoms with Crippen molar-refractivity contribution in [2.45, 2.75) is 13.8 Å². The molecule has 0 atom stereocenters. The maximum Gasteiger partial charge on any atom is 0.372 e. The Kier molecular flexibility index (Phi) is 5.14. The second kappa shape index (κ2) is 7.26. The number of benzene rings is 2. The standard InChI is InChI=1S/C17H18N2O3/c1-12-6-8-14(9-7-12)17(18)19-22-16(20)11-21-15-5-3-4-13(2)10-15/h3-10H,11H2,1-2H3,(H2,18,19). The molecule has 114 valence electrons.